The van der Waals surface area contributed by atoms with Gasteiger partial charge in [-0.05, 0) is 31.8 Å². The number of nitrogens with zero attached hydrogens (tertiary/aromatic N) is 1. The Hall–Kier alpha value is -0.130. The summed E-state index contributed by atoms with van der Waals surface area (Å²) in [4.78, 5) is 2.37. The van der Waals surface area contributed by atoms with Crippen molar-refractivity contribution in [3.05, 3.63) is 0 Å². The number of nitrogens with one attached hydrogen (secondary N) is 1. The molecule has 2 aliphatic rings. The van der Waals surface area contributed by atoms with Gasteiger partial charge in [0, 0.05) is 18.6 Å². The molecule has 0 amide bonds. The average Bonchev–Trinajstić information content (AvgIpc) is 2.58. The van der Waals surface area contributed by atoms with E-state index < -0.39 is 9.84 Å². The minimum absolute atomic E-state index is 0.256. The second-order valence-corrected chi connectivity index (χ2v) is 8.36. The van der Waals surface area contributed by atoms with Gasteiger partial charge in [0.1, 0.15) is 0 Å². The van der Waals surface area contributed by atoms with E-state index in [0.717, 1.165) is 25.9 Å². The molecule has 0 aromatic rings. The number of hydrogen-bond acceptors (Lipinski definition) is 4. The highest BCUT2D eigenvalue weighted by molar-refractivity contribution is 7.91. The lowest BCUT2D eigenvalue weighted by atomic mass is 9.78. The van der Waals surface area contributed by atoms with E-state index in [1.165, 1.54) is 0 Å². The molecule has 2 heterocycles. The normalized spacial score (nSPS) is 37.1. The molecular formula is C12H24N2O2S. The monoisotopic (exact) mass is 260 g/mol. The molecule has 0 spiro atoms. The maximum absolute atomic E-state index is 11.5. The number of sulfone groups is 1. The molecule has 100 valence electrons. The smallest absolute Gasteiger partial charge is 0.151 e. The fourth-order valence-electron chi connectivity index (χ4n) is 3.06. The zero-order valence-corrected chi connectivity index (χ0v) is 11.9. The molecule has 2 fully saturated rings. The van der Waals surface area contributed by atoms with Crippen LogP contribution in [-0.4, -0.2) is 57.0 Å². The van der Waals surface area contributed by atoms with Crippen molar-refractivity contribution in [2.24, 2.45) is 5.41 Å². The first kappa shape index (κ1) is 13.3. The molecular weight excluding hydrogens is 236 g/mol. The van der Waals surface area contributed by atoms with Crippen molar-refractivity contribution in [3.63, 3.8) is 0 Å². The van der Waals surface area contributed by atoms with E-state index in [9.17, 15) is 8.42 Å². The van der Waals surface area contributed by atoms with Crippen LogP contribution in [-0.2, 0) is 9.84 Å². The van der Waals surface area contributed by atoms with Gasteiger partial charge < -0.3 is 5.32 Å². The minimum Gasteiger partial charge on any atom is -0.315 e. The summed E-state index contributed by atoms with van der Waals surface area (Å²) in [5, 5.41) is 3.38. The Morgan fingerprint density at radius 2 is 2.06 bits per heavy atom. The third-order valence-corrected chi connectivity index (χ3v) is 6.23. The molecule has 4 nitrogen and oxygen atoms in total. The minimum atomic E-state index is -2.76. The van der Waals surface area contributed by atoms with Gasteiger partial charge in [-0.2, -0.15) is 0 Å². The van der Waals surface area contributed by atoms with Crippen molar-refractivity contribution in [1.29, 1.82) is 0 Å². The van der Waals surface area contributed by atoms with Gasteiger partial charge in [0.15, 0.2) is 9.84 Å². The van der Waals surface area contributed by atoms with E-state index in [-0.39, 0.29) is 6.04 Å². The van der Waals surface area contributed by atoms with E-state index in [1.807, 2.05) is 7.05 Å². The Labute approximate surface area is 105 Å². The molecule has 0 aromatic heterocycles. The van der Waals surface area contributed by atoms with Crippen molar-refractivity contribution in [2.45, 2.75) is 38.8 Å². The van der Waals surface area contributed by atoms with Crippen LogP contribution in [0, 0.1) is 5.41 Å². The van der Waals surface area contributed by atoms with Crippen molar-refractivity contribution >= 4 is 9.84 Å². The molecule has 17 heavy (non-hydrogen) atoms. The molecule has 1 N–H and O–H groups in total. The number of piperidine rings is 1. The summed E-state index contributed by atoms with van der Waals surface area (Å²) in [6.45, 7) is 6.59. The van der Waals surface area contributed by atoms with Gasteiger partial charge in [0.2, 0.25) is 0 Å². The molecule has 0 aliphatic carbocycles. The average molecular weight is 260 g/mol. The number of likely N-dealkylation sites (tertiary alicyclic amines) is 1. The van der Waals surface area contributed by atoms with Gasteiger partial charge in [-0.15, -0.1) is 0 Å². The highest BCUT2D eigenvalue weighted by atomic mass is 32.2. The van der Waals surface area contributed by atoms with Gasteiger partial charge in [0.25, 0.3) is 0 Å². The summed E-state index contributed by atoms with van der Waals surface area (Å²) in [5.41, 5.74) is 0.308. The zero-order chi connectivity index (χ0) is 12.7. The van der Waals surface area contributed by atoms with Crippen LogP contribution in [0.15, 0.2) is 0 Å². The molecule has 2 saturated heterocycles. The van der Waals surface area contributed by atoms with Gasteiger partial charge in [-0.1, -0.05) is 13.8 Å². The van der Waals surface area contributed by atoms with Crippen LogP contribution in [0.5, 0.6) is 0 Å². The van der Waals surface area contributed by atoms with Crippen LogP contribution >= 0.6 is 0 Å². The van der Waals surface area contributed by atoms with Gasteiger partial charge >= 0.3 is 0 Å². The van der Waals surface area contributed by atoms with E-state index in [0.29, 0.717) is 23.0 Å². The van der Waals surface area contributed by atoms with Crippen molar-refractivity contribution in [1.82, 2.24) is 10.2 Å². The molecule has 0 radical (unpaired) electrons. The largest absolute Gasteiger partial charge is 0.315 e. The third-order valence-electron chi connectivity index (χ3n) is 4.48. The summed E-state index contributed by atoms with van der Waals surface area (Å²) < 4.78 is 23.0. The molecule has 2 atom stereocenters. The van der Waals surface area contributed by atoms with Gasteiger partial charge in [-0.25, -0.2) is 8.42 Å². The highest BCUT2D eigenvalue weighted by Crippen LogP contribution is 2.32. The lowest BCUT2D eigenvalue weighted by molar-refractivity contribution is 0.0666. The summed E-state index contributed by atoms with van der Waals surface area (Å²) in [6, 6.07) is 0.714. The van der Waals surface area contributed by atoms with Crippen LogP contribution in [0.25, 0.3) is 0 Å². The fraction of sp³-hybridized carbons (Fsp3) is 1.00. The standard InChI is InChI=1S/C12H24N2O2S/c1-12(2)5-6-14(8-11(12)13-3)10-4-7-17(15,16)9-10/h10-11,13H,4-9H2,1-3H3. The summed E-state index contributed by atoms with van der Waals surface area (Å²) in [5.74, 6) is 0.742. The second-order valence-electron chi connectivity index (χ2n) is 6.13. The van der Waals surface area contributed by atoms with E-state index >= 15 is 0 Å². The highest BCUT2D eigenvalue weighted by Gasteiger charge is 2.39. The van der Waals surface area contributed by atoms with Crippen LogP contribution in [0.2, 0.25) is 0 Å². The van der Waals surface area contributed by atoms with Crippen molar-refractivity contribution in [2.75, 3.05) is 31.6 Å². The Morgan fingerprint density at radius 1 is 1.35 bits per heavy atom. The van der Waals surface area contributed by atoms with Gasteiger partial charge in [0.05, 0.1) is 11.5 Å². The molecule has 0 aromatic carbocycles. The summed E-state index contributed by atoms with van der Waals surface area (Å²) >= 11 is 0. The first-order chi connectivity index (χ1) is 7.84. The Balaban J connectivity index is 2.01. The van der Waals surface area contributed by atoms with Crippen molar-refractivity contribution in [3.8, 4) is 0 Å². The maximum Gasteiger partial charge on any atom is 0.151 e. The lowest BCUT2D eigenvalue weighted by Crippen LogP contribution is -2.56. The summed E-state index contributed by atoms with van der Waals surface area (Å²) in [7, 11) is -0.759. The quantitative estimate of drug-likeness (QED) is 0.785. The number of likely N-dealkylation sites (N-methyl/N-ethyl adjacent to an activating group) is 1. The SMILES string of the molecule is CNC1CN(C2CCS(=O)(=O)C2)CCC1(C)C. The van der Waals surface area contributed by atoms with Crippen LogP contribution in [0.4, 0.5) is 0 Å². The van der Waals surface area contributed by atoms with E-state index in [1.54, 1.807) is 0 Å². The Bertz CT molecular complexity index is 378. The second kappa shape index (κ2) is 4.52. The topological polar surface area (TPSA) is 49.4 Å². The Morgan fingerprint density at radius 3 is 2.59 bits per heavy atom. The maximum atomic E-state index is 11.5. The zero-order valence-electron chi connectivity index (χ0n) is 11.1. The molecule has 0 bridgehead atoms. The lowest BCUT2D eigenvalue weighted by Gasteiger charge is -2.45. The first-order valence-corrected chi connectivity index (χ1v) is 8.28. The van der Waals surface area contributed by atoms with Crippen LogP contribution in [0.3, 0.4) is 0 Å². The molecule has 2 rings (SSSR count). The van der Waals surface area contributed by atoms with E-state index in [4.69, 9.17) is 0 Å². The van der Waals surface area contributed by atoms with Gasteiger partial charge in [-0.3, -0.25) is 4.90 Å². The van der Waals surface area contributed by atoms with Crippen LogP contribution in [0.1, 0.15) is 26.7 Å². The van der Waals surface area contributed by atoms with Crippen LogP contribution < -0.4 is 5.32 Å². The predicted octanol–water partition coefficient (Wildman–Crippen LogP) is 0.493. The molecule has 5 heteroatoms. The number of hydrogen-bond donors (Lipinski definition) is 1. The molecule has 2 unspecified atom stereocenters. The summed E-state index contributed by atoms with van der Waals surface area (Å²) in [6.07, 6.45) is 1.95. The first-order valence-electron chi connectivity index (χ1n) is 6.46. The Kier molecular flexibility index (Phi) is 3.54. The third kappa shape index (κ3) is 2.83. The van der Waals surface area contributed by atoms with E-state index in [2.05, 4.69) is 24.1 Å². The number of rotatable bonds is 2. The predicted molar refractivity (Wildman–Crippen MR) is 69.9 cm³/mol. The fourth-order valence-corrected chi connectivity index (χ4v) is 4.82. The van der Waals surface area contributed by atoms with Crippen molar-refractivity contribution < 1.29 is 8.42 Å². The molecule has 2 aliphatic heterocycles. The molecule has 0 saturated carbocycles.